The molecule has 0 aromatic carbocycles. The van der Waals surface area contributed by atoms with E-state index in [1.807, 2.05) is 37.1 Å². The molecule has 1 aliphatic heterocycles. The van der Waals surface area contributed by atoms with Crippen molar-refractivity contribution in [1.29, 1.82) is 0 Å². The van der Waals surface area contributed by atoms with E-state index in [4.69, 9.17) is 0 Å². The van der Waals surface area contributed by atoms with Crippen molar-refractivity contribution in [2.75, 3.05) is 11.9 Å². The van der Waals surface area contributed by atoms with Crippen LogP contribution in [0.5, 0.6) is 0 Å². The number of aryl methyl sites for hydroxylation is 2. The maximum absolute atomic E-state index is 12.0. The van der Waals surface area contributed by atoms with Crippen LogP contribution in [0.2, 0.25) is 0 Å². The van der Waals surface area contributed by atoms with Gasteiger partial charge in [0.25, 0.3) is 0 Å². The average molecular weight is 358 g/mol. The van der Waals surface area contributed by atoms with Crippen LogP contribution in [0, 0.1) is 25.7 Å². The Balaban J connectivity index is 0.000000206. The van der Waals surface area contributed by atoms with Gasteiger partial charge in [-0.25, -0.2) is 9.97 Å². The van der Waals surface area contributed by atoms with Crippen LogP contribution in [-0.4, -0.2) is 29.0 Å². The maximum Gasteiger partial charge on any atom is 0.228 e. The van der Waals surface area contributed by atoms with Gasteiger partial charge in [0, 0.05) is 24.9 Å². The Bertz CT molecular complexity index is 682. The van der Waals surface area contributed by atoms with Crippen LogP contribution in [0.25, 0.3) is 0 Å². The van der Waals surface area contributed by atoms with Crippen LogP contribution < -0.4 is 10.6 Å². The summed E-state index contributed by atoms with van der Waals surface area (Å²) in [5, 5.41) is 0. The minimum Gasteiger partial charge on any atom is -0.333 e. The van der Waals surface area contributed by atoms with Gasteiger partial charge in [-0.15, -0.1) is 0 Å². The van der Waals surface area contributed by atoms with Gasteiger partial charge in [0.05, 0.1) is 0 Å². The molecule has 26 heavy (non-hydrogen) atoms. The Morgan fingerprint density at radius 2 is 1.69 bits per heavy atom. The number of carbonyl (C=O) groups is 1. The third-order valence-electron chi connectivity index (χ3n) is 4.67. The number of anilines is 1. The van der Waals surface area contributed by atoms with Crippen LogP contribution in [0.4, 0.5) is 10.2 Å². The third-order valence-corrected chi connectivity index (χ3v) is 4.67. The second kappa shape index (κ2) is 9.38. The molecule has 4 rings (SSSR count). The molecule has 3 heterocycles. The smallest absolute Gasteiger partial charge is 0.228 e. The molecule has 140 valence electrons. The minimum absolute atomic E-state index is 0.256. The lowest BCUT2D eigenvalue weighted by Gasteiger charge is -2.22. The number of hydrogen-bond donors (Lipinski definition) is 1. The zero-order valence-corrected chi connectivity index (χ0v) is 15.7. The molecule has 2 atom stereocenters. The van der Waals surface area contributed by atoms with Gasteiger partial charge in [0.1, 0.15) is 5.82 Å². The van der Waals surface area contributed by atoms with Gasteiger partial charge >= 0.3 is 0 Å². The number of aromatic nitrogens is 2. The summed E-state index contributed by atoms with van der Waals surface area (Å²) in [7, 11) is 1.50. The molecule has 0 spiro atoms. The standard InChI is InChI=1S/C13H16N2O.C6H6FN.CH5N/c1-9-5-6-12(14-8-9)15-11-4-2-3-10(11)7-13(15)16;1-5-2-3-6(7)8-4-5;1-2/h5-6,8,10-11H,2-4,7H2,1H3;2-4H,1H3;2H2,1H3. The van der Waals surface area contributed by atoms with Crippen LogP contribution in [-0.2, 0) is 4.79 Å². The molecular formula is C20H27FN4O. The number of fused-ring (bicyclic) bond motifs is 1. The summed E-state index contributed by atoms with van der Waals surface area (Å²) in [4.78, 5) is 21.7. The summed E-state index contributed by atoms with van der Waals surface area (Å²) in [6, 6.07) is 7.44. The van der Waals surface area contributed by atoms with E-state index in [9.17, 15) is 9.18 Å². The Hall–Kier alpha value is -2.34. The number of carbonyl (C=O) groups excluding carboxylic acids is 1. The fourth-order valence-electron chi connectivity index (χ4n) is 3.45. The third kappa shape index (κ3) is 4.85. The first-order chi connectivity index (χ1) is 12.5. The lowest BCUT2D eigenvalue weighted by Crippen LogP contribution is -2.33. The average Bonchev–Trinajstić information content (AvgIpc) is 3.21. The van der Waals surface area contributed by atoms with Crippen molar-refractivity contribution in [3.63, 3.8) is 0 Å². The Morgan fingerprint density at radius 1 is 1.04 bits per heavy atom. The second-order valence-electron chi connectivity index (χ2n) is 6.58. The largest absolute Gasteiger partial charge is 0.333 e. The first-order valence-corrected chi connectivity index (χ1v) is 8.95. The molecule has 2 aliphatic rings. The molecule has 1 amide bonds. The van der Waals surface area contributed by atoms with Crippen molar-refractivity contribution in [2.45, 2.75) is 45.6 Å². The summed E-state index contributed by atoms with van der Waals surface area (Å²) in [6.45, 7) is 3.88. The van der Waals surface area contributed by atoms with Crippen molar-refractivity contribution >= 4 is 11.7 Å². The van der Waals surface area contributed by atoms with Crippen molar-refractivity contribution in [1.82, 2.24) is 9.97 Å². The number of rotatable bonds is 1. The molecule has 2 aromatic rings. The van der Waals surface area contributed by atoms with Crippen LogP contribution in [0.3, 0.4) is 0 Å². The molecule has 1 aliphatic carbocycles. The summed E-state index contributed by atoms with van der Waals surface area (Å²) in [5.74, 6) is 1.25. The molecule has 6 heteroatoms. The van der Waals surface area contributed by atoms with Crippen molar-refractivity contribution in [3.8, 4) is 0 Å². The number of halogens is 1. The number of pyridine rings is 2. The monoisotopic (exact) mass is 358 g/mol. The minimum atomic E-state index is -0.421. The topological polar surface area (TPSA) is 72.1 Å². The molecular weight excluding hydrogens is 331 g/mol. The van der Waals surface area contributed by atoms with E-state index >= 15 is 0 Å². The van der Waals surface area contributed by atoms with Gasteiger partial charge < -0.3 is 5.73 Å². The number of nitrogens with two attached hydrogens (primary N) is 1. The summed E-state index contributed by atoms with van der Waals surface area (Å²) >= 11 is 0. The predicted octanol–water partition coefficient (Wildman–Crippen LogP) is 3.40. The Morgan fingerprint density at radius 3 is 2.23 bits per heavy atom. The van der Waals surface area contributed by atoms with Crippen molar-refractivity contribution in [3.05, 3.63) is 53.7 Å². The molecule has 1 saturated carbocycles. The lowest BCUT2D eigenvalue weighted by atomic mass is 10.0. The molecule has 0 bridgehead atoms. The molecule has 5 nitrogen and oxygen atoms in total. The van der Waals surface area contributed by atoms with Gasteiger partial charge in [-0.2, -0.15) is 4.39 Å². The predicted molar refractivity (Wildman–Crippen MR) is 101 cm³/mol. The molecule has 2 unspecified atom stereocenters. The highest BCUT2D eigenvalue weighted by Gasteiger charge is 2.43. The van der Waals surface area contributed by atoms with Crippen molar-refractivity contribution in [2.24, 2.45) is 11.7 Å². The van der Waals surface area contributed by atoms with E-state index in [0.29, 0.717) is 12.0 Å². The SMILES string of the molecule is CN.Cc1ccc(F)nc1.Cc1ccc(N2C(=O)CC3CCCC32)nc1. The molecule has 2 aromatic heterocycles. The zero-order valence-electron chi connectivity index (χ0n) is 15.7. The van der Waals surface area contributed by atoms with E-state index in [1.54, 1.807) is 6.07 Å². The number of amides is 1. The highest BCUT2D eigenvalue weighted by atomic mass is 19.1. The fraction of sp³-hybridized carbons (Fsp3) is 0.450. The molecule has 2 N–H and O–H groups in total. The maximum atomic E-state index is 12.0. The number of hydrogen-bond acceptors (Lipinski definition) is 4. The summed E-state index contributed by atoms with van der Waals surface area (Å²) in [6.07, 6.45) is 7.66. The number of nitrogens with zero attached hydrogens (tertiary/aromatic N) is 3. The Labute approximate surface area is 154 Å². The fourth-order valence-corrected chi connectivity index (χ4v) is 3.45. The van der Waals surface area contributed by atoms with Gasteiger partial charge in [-0.1, -0.05) is 18.6 Å². The quantitative estimate of drug-likeness (QED) is 0.793. The molecule has 1 saturated heterocycles. The molecule has 0 radical (unpaired) electrons. The van der Waals surface area contributed by atoms with Gasteiger partial charge in [0.15, 0.2) is 0 Å². The second-order valence-corrected chi connectivity index (χ2v) is 6.58. The Kier molecular flexibility index (Phi) is 7.21. The van der Waals surface area contributed by atoms with Crippen LogP contribution in [0.1, 0.15) is 36.8 Å². The first kappa shape index (κ1) is 20.0. The summed E-state index contributed by atoms with van der Waals surface area (Å²) in [5.41, 5.74) is 6.62. The van der Waals surface area contributed by atoms with E-state index < -0.39 is 5.95 Å². The zero-order chi connectivity index (χ0) is 19.1. The highest BCUT2D eigenvalue weighted by molar-refractivity contribution is 5.95. The first-order valence-electron chi connectivity index (χ1n) is 8.95. The van der Waals surface area contributed by atoms with Crippen LogP contribution in [0.15, 0.2) is 36.7 Å². The van der Waals surface area contributed by atoms with Gasteiger partial charge in [0.2, 0.25) is 11.9 Å². The van der Waals surface area contributed by atoms with E-state index in [1.165, 1.54) is 32.2 Å². The highest BCUT2D eigenvalue weighted by Crippen LogP contribution is 2.40. The van der Waals surface area contributed by atoms with E-state index in [2.05, 4.69) is 15.7 Å². The van der Waals surface area contributed by atoms with Crippen molar-refractivity contribution < 1.29 is 9.18 Å². The van der Waals surface area contributed by atoms with Gasteiger partial charge in [-0.3, -0.25) is 9.69 Å². The normalized spacial score (nSPS) is 20.7. The molecule has 2 fully saturated rings. The van der Waals surface area contributed by atoms with E-state index in [-0.39, 0.29) is 5.91 Å². The van der Waals surface area contributed by atoms with Gasteiger partial charge in [-0.05, 0) is 62.9 Å². The lowest BCUT2D eigenvalue weighted by molar-refractivity contribution is -0.117. The van der Waals surface area contributed by atoms with Crippen LogP contribution >= 0.6 is 0 Å². The summed E-state index contributed by atoms with van der Waals surface area (Å²) < 4.78 is 12.0. The van der Waals surface area contributed by atoms with E-state index in [0.717, 1.165) is 29.8 Å².